The second kappa shape index (κ2) is 6.01. The van der Waals surface area contributed by atoms with E-state index >= 15 is 0 Å². The van der Waals surface area contributed by atoms with Crippen LogP contribution in [0.5, 0.6) is 0 Å². The van der Waals surface area contributed by atoms with E-state index in [0.29, 0.717) is 18.9 Å². The summed E-state index contributed by atoms with van der Waals surface area (Å²) in [5.74, 6) is 0.676. The van der Waals surface area contributed by atoms with Crippen LogP contribution in [0.3, 0.4) is 0 Å². The second-order valence-electron chi connectivity index (χ2n) is 5.54. The van der Waals surface area contributed by atoms with Crippen molar-refractivity contribution in [3.63, 3.8) is 0 Å². The van der Waals surface area contributed by atoms with Crippen LogP contribution in [-0.4, -0.2) is 20.1 Å². The maximum atomic E-state index is 12.7. The molecular formula is C18H15IN4O. The van der Waals surface area contributed by atoms with Crippen molar-refractivity contribution < 1.29 is 0 Å². The summed E-state index contributed by atoms with van der Waals surface area (Å²) in [6.45, 7) is 2.85. The van der Waals surface area contributed by atoms with Crippen LogP contribution in [-0.2, 0) is 13.1 Å². The molecule has 0 atom stereocenters. The molecule has 0 aliphatic carbocycles. The molecule has 0 saturated carbocycles. The minimum Gasteiger partial charge on any atom is -0.276 e. The van der Waals surface area contributed by atoms with E-state index in [1.165, 1.54) is 4.68 Å². The standard InChI is InChI=1S/C18H15IN4O/c1-2-22-18(24)23-15-9-8-13(19)10-14(15)17(20-11-16(23)21-22)12-6-4-3-5-7-12/h3-10H,2,11H2,1H3. The highest BCUT2D eigenvalue weighted by Gasteiger charge is 2.23. The van der Waals surface area contributed by atoms with Gasteiger partial charge in [0.05, 0.1) is 11.4 Å². The van der Waals surface area contributed by atoms with Crippen LogP contribution in [0.4, 0.5) is 0 Å². The number of fused-ring (bicyclic) bond motifs is 3. The fourth-order valence-electron chi connectivity index (χ4n) is 2.97. The van der Waals surface area contributed by atoms with Crippen LogP contribution in [0, 0.1) is 3.57 Å². The molecule has 0 saturated heterocycles. The Balaban J connectivity index is 2.02. The summed E-state index contributed by atoms with van der Waals surface area (Å²) in [5.41, 5.74) is 3.64. The van der Waals surface area contributed by atoms with E-state index < -0.39 is 0 Å². The fourth-order valence-corrected chi connectivity index (χ4v) is 3.46. The summed E-state index contributed by atoms with van der Waals surface area (Å²) in [6, 6.07) is 16.1. The normalized spacial score (nSPS) is 13.0. The summed E-state index contributed by atoms with van der Waals surface area (Å²) < 4.78 is 4.28. The summed E-state index contributed by atoms with van der Waals surface area (Å²) in [7, 11) is 0. The van der Waals surface area contributed by atoms with E-state index in [-0.39, 0.29) is 5.69 Å². The number of benzene rings is 2. The van der Waals surface area contributed by atoms with Crippen molar-refractivity contribution in [2.75, 3.05) is 0 Å². The Hall–Kier alpha value is -2.22. The van der Waals surface area contributed by atoms with Crippen LogP contribution in [0.15, 0.2) is 58.3 Å². The van der Waals surface area contributed by atoms with E-state index in [9.17, 15) is 4.79 Å². The van der Waals surface area contributed by atoms with Gasteiger partial charge in [-0.25, -0.2) is 14.0 Å². The average molecular weight is 430 g/mol. The molecule has 0 unspecified atom stereocenters. The quantitative estimate of drug-likeness (QED) is 0.588. The lowest BCUT2D eigenvalue weighted by atomic mass is 10.0. The van der Waals surface area contributed by atoms with Gasteiger partial charge in [-0.3, -0.25) is 4.99 Å². The molecule has 4 rings (SSSR count). The van der Waals surface area contributed by atoms with Gasteiger partial charge < -0.3 is 0 Å². The molecule has 120 valence electrons. The van der Waals surface area contributed by atoms with E-state index in [0.717, 1.165) is 26.1 Å². The molecule has 1 aromatic heterocycles. The third-order valence-electron chi connectivity index (χ3n) is 4.09. The van der Waals surface area contributed by atoms with Crippen LogP contribution in [0.2, 0.25) is 0 Å². The smallest absolute Gasteiger partial charge is 0.276 e. The zero-order chi connectivity index (χ0) is 16.7. The topological polar surface area (TPSA) is 52.2 Å². The van der Waals surface area contributed by atoms with E-state index in [2.05, 4.69) is 33.8 Å². The molecule has 1 aliphatic heterocycles. The van der Waals surface area contributed by atoms with Gasteiger partial charge in [0.2, 0.25) is 0 Å². The first-order valence-electron chi connectivity index (χ1n) is 7.78. The fraction of sp³-hybridized carbons (Fsp3) is 0.167. The number of aromatic nitrogens is 3. The minimum atomic E-state index is -0.112. The minimum absolute atomic E-state index is 0.112. The maximum absolute atomic E-state index is 12.7. The molecule has 24 heavy (non-hydrogen) atoms. The van der Waals surface area contributed by atoms with Crippen LogP contribution >= 0.6 is 22.6 Å². The lowest BCUT2D eigenvalue weighted by Gasteiger charge is -2.11. The highest BCUT2D eigenvalue weighted by atomic mass is 127. The number of aliphatic imine (C=N–C) groups is 1. The van der Waals surface area contributed by atoms with Crippen molar-refractivity contribution in [1.82, 2.24) is 14.3 Å². The molecule has 0 fully saturated rings. The highest BCUT2D eigenvalue weighted by Crippen LogP contribution is 2.25. The van der Waals surface area contributed by atoms with Crippen LogP contribution < -0.4 is 5.69 Å². The highest BCUT2D eigenvalue weighted by molar-refractivity contribution is 14.1. The van der Waals surface area contributed by atoms with Crippen molar-refractivity contribution in [3.8, 4) is 5.69 Å². The Morgan fingerprint density at radius 1 is 1.17 bits per heavy atom. The number of nitrogens with zero attached hydrogens (tertiary/aromatic N) is 4. The van der Waals surface area contributed by atoms with E-state index in [4.69, 9.17) is 4.99 Å². The Kier molecular flexibility index (Phi) is 3.84. The number of halogens is 1. The predicted molar refractivity (Wildman–Crippen MR) is 102 cm³/mol. The first-order valence-corrected chi connectivity index (χ1v) is 8.86. The lowest BCUT2D eigenvalue weighted by Crippen LogP contribution is -2.24. The molecule has 0 bridgehead atoms. The summed E-state index contributed by atoms with van der Waals surface area (Å²) in [4.78, 5) is 17.5. The SMILES string of the molecule is CCn1nc2n(c1=O)-c1ccc(I)cc1C(c1ccccc1)=NC2. The molecule has 0 N–H and O–H groups in total. The van der Waals surface area contributed by atoms with Crippen molar-refractivity contribution in [1.29, 1.82) is 0 Å². The van der Waals surface area contributed by atoms with Crippen molar-refractivity contribution >= 4 is 28.3 Å². The summed E-state index contributed by atoms with van der Waals surface area (Å²) in [5, 5.41) is 4.44. The molecular weight excluding hydrogens is 415 g/mol. The number of hydrogen-bond acceptors (Lipinski definition) is 3. The molecule has 1 aliphatic rings. The van der Waals surface area contributed by atoms with Crippen LogP contribution in [0.25, 0.3) is 5.69 Å². The van der Waals surface area contributed by atoms with Gasteiger partial charge in [-0.1, -0.05) is 30.3 Å². The molecule has 3 aromatic rings. The molecule has 2 heterocycles. The Bertz CT molecular complexity index is 1000. The Labute approximate surface area is 152 Å². The van der Waals surface area contributed by atoms with Crippen molar-refractivity contribution in [3.05, 3.63) is 79.5 Å². The Morgan fingerprint density at radius 2 is 1.96 bits per heavy atom. The van der Waals surface area contributed by atoms with Gasteiger partial charge >= 0.3 is 5.69 Å². The molecule has 5 nitrogen and oxygen atoms in total. The van der Waals surface area contributed by atoms with Gasteiger partial charge in [-0.05, 0) is 47.7 Å². The largest absolute Gasteiger partial charge is 0.350 e. The van der Waals surface area contributed by atoms with E-state index in [1.54, 1.807) is 4.57 Å². The first-order chi connectivity index (χ1) is 11.7. The summed E-state index contributed by atoms with van der Waals surface area (Å²) >= 11 is 2.29. The third kappa shape index (κ3) is 2.41. The predicted octanol–water partition coefficient (Wildman–Crippen LogP) is 3.01. The van der Waals surface area contributed by atoms with Gasteiger partial charge in [0.15, 0.2) is 5.82 Å². The van der Waals surface area contributed by atoms with Crippen molar-refractivity contribution in [2.45, 2.75) is 20.0 Å². The van der Waals surface area contributed by atoms with Gasteiger partial charge in [-0.2, -0.15) is 5.10 Å². The maximum Gasteiger partial charge on any atom is 0.350 e. The Morgan fingerprint density at radius 3 is 2.71 bits per heavy atom. The van der Waals surface area contributed by atoms with Gasteiger partial charge in [0, 0.05) is 21.2 Å². The zero-order valence-corrected chi connectivity index (χ0v) is 15.3. The van der Waals surface area contributed by atoms with Gasteiger partial charge in [0.1, 0.15) is 6.54 Å². The van der Waals surface area contributed by atoms with Gasteiger partial charge in [0.25, 0.3) is 0 Å². The zero-order valence-electron chi connectivity index (χ0n) is 13.1. The lowest BCUT2D eigenvalue weighted by molar-refractivity contribution is 0.623. The number of rotatable bonds is 2. The molecule has 6 heteroatoms. The summed E-state index contributed by atoms with van der Waals surface area (Å²) in [6.07, 6.45) is 0. The molecule has 0 amide bonds. The average Bonchev–Trinajstić information content (AvgIpc) is 2.83. The monoisotopic (exact) mass is 430 g/mol. The van der Waals surface area contributed by atoms with Gasteiger partial charge in [-0.15, -0.1) is 0 Å². The number of aryl methyl sites for hydroxylation is 1. The van der Waals surface area contributed by atoms with E-state index in [1.807, 2.05) is 49.4 Å². The second-order valence-corrected chi connectivity index (χ2v) is 6.79. The van der Waals surface area contributed by atoms with Crippen molar-refractivity contribution in [2.24, 2.45) is 4.99 Å². The first kappa shape index (κ1) is 15.3. The third-order valence-corrected chi connectivity index (χ3v) is 4.76. The number of hydrogen-bond donors (Lipinski definition) is 0. The molecule has 2 aromatic carbocycles. The molecule has 0 radical (unpaired) electrons. The van der Waals surface area contributed by atoms with Crippen LogP contribution in [0.1, 0.15) is 23.9 Å². The molecule has 0 spiro atoms.